The lowest BCUT2D eigenvalue weighted by Gasteiger charge is -2.22. The molecule has 0 rings (SSSR count). The Labute approximate surface area is 457 Å². The Balaban J connectivity index is 3.37. The fraction of sp³-hybridized carbons (Fsp3) is 0.970. The highest BCUT2D eigenvalue weighted by Gasteiger charge is 2.20. The van der Waals surface area contributed by atoms with Gasteiger partial charge in [-0.3, -0.25) is 9.59 Å². The molecular formula is C67H133NO5. The van der Waals surface area contributed by atoms with Crippen LogP contribution >= 0.6 is 0 Å². The lowest BCUT2D eigenvalue weighted by atomic mass is 10.0. The summed E-state index contributed by atoms with van der Waals surface area (Å²) in [5.74, 6) is -0.0128. The molecule has 0 aliphatic carbocycles. The number of aliphatic hydroxyl groups is 2. The Morgan fingerprint density at radius 3 is 0.836 bits per heavy atom. The SMILES string of the molecule is CCCCCCCCCCCCCCCCCCCCCCCC(O)C(CO)NC(=O)CCCCCCCCCCCCCCCCCCCCCCCCCOC(=O)CCCCCCCCCCCCCC. The maximum atomic E-state index is 12.5. The number of hydrogen-bond donors (Lipinski definition) is 3. The van der Waals surface area contributed by atoms with Gasteiger partial charge >= 0.3 is 5.97 Å². The van der Waals surface area contributed by atoms with E-state index in [1.165, 1.54) is 321 Å². The number of aliphatic hydroxyl groups excluding tert-OH is 2. The summed E-state index contributed by atoms with van der Waals surface area (Å²) in [6.07, 6.45) is 75.6. The van der Waals surface area contributed by atoms with Crippen LogP contribution in [0.5, 0.6) is 0 Å². The van der Waals surface area contributed by atoms with Crippen molar-refractivity contribution in [3.8, 4) is 0 Å². The summed E-state index contributed by atoms with van der Waals surface area (Å²) in [6.45, 7) is 4.99. The Kier molecular flexibility index (Phi) is 62.4. The summed E-state index contributed by atoms with van der Waals surface area (Å²) in [6, 6.07) is -0.541. The molecule has 3 N–H and O–H groups in total. The second-order valence-corrected chi connectivity index (χ2v) is 23.5. The first-order valence-electron chi connectivity index (χ1n) is 33.8. The third kappa shape index (κ3) is 60.0. The summed E-state index contributed by atoms with van der Waals surface area (Å²) >= 11 is 0. The molecule has 2 unspecified atom stereocenters. The first kappa shape index (κ1) is 71.9. The van der Waals surface area contributed by atoms with Gasteiger partial charge in [-0.05, 0) is 25.7 Å². The summed E-state index contributed by atoms with van der Waals surface area (Å²) in [4.78, 5) is 24.6. The van der Waals surface area contributed by atoms with Crippen molar-refractivity contribution in [3.05, 3.63) is 0 Å². The van der Waals surface area contributed by atoms with Gasteiger partial charge in [-0.25, -0.2) is 0 Å². The number of amides is 1. The van der Waals surface area contributed by atoms with Gasteiger partial charge in [0.1, 0.15) is 0 Å². The van der Waals surface area contributed by atoms with Crippen LogP contribution in [0.2, 0.25) is 0 Å². The molecule has 0 saturated carbocycles. The number of carbonyl (C=O) groups excluding carboxylic acids is 2. The van der Waals surface area contributed by atoms with Gasteiger partial charge in [-0.15, -0.1) is 0 Å². The minimum absolute atomic E-state index is 0.0164. The van der Waals surface area contributed by atoms with E-state index in [1.54, 1.807) is 0 Å². The van der Waals surface area contributed by atoms with Crippen LogP contribution in [0.25, 0.3) is 0 Å². The molecule has 0 spiro atoms. The molecule has 73 heavy (non-hydrogen) atoms. The van der Waals surface area contributed by atoms with Gasteiger partial charge in [0.2, 0.25) is 5.91 Å². The zero-order chi connectivity index (χ0) is 52.9. The van der Waals surface area contributed by atoms with Gasteiger partial charge in [-0.1, -0.05) is 354 Å². The van der Waals surface area contributed by atoms with E-state index < -0.39 is 12.1 Å². The van der Waals surface area contributed by atoms with Crippen molar-refractivity contribution in [2.24, 2.45) is 0 Å². The van der Waals surface area contributed by atoms with E-state index >= 15 is 0 Å². The molecule has 436 valence electrons. The number of rotatable bonds is 64. The average Bonchev–Trinajstić information content (AvgIpc) is 3.39. The van der Waals surface area contributed by atoms with Crippen LogP contribution in [0.15, 0.2) is 0 Å². The van der Waals surface area contributed by atoms with E-state index in [4.69, 9.17) is 4.74 Å². The number of unbranched alkanes of at least 4 members (excludes halogenated alkanes) is 53. The Bertz CT molecular complexity index is 1050. The van der Waals surface area contributed by atoms with Crippen LogP contribution < -0.4 is 5.32 Å². The summed E-state index contributed by atoms with van der Waals surface area (Å²) in [5, 5.41) is 23.4. The zero-order valence-corrected chi connectivity index (χ0v) is 49.9. The maximum Gasteiger partial charge on any atom is 0.305 e. The highest BCUT2D eigenvalue weighted by Crippen LogP contribution is 2.19. The van der Waals surface area contributed by atoms with Crippen LogP contribution in [0.4, 0.5) is 0 Å². The fourth-order valence-electron chi connectivity index (χ4n) is 11.0. The van der Waals surface area contributed by atoms with Gasteiger partial charge < -0.3 is 20.3 Å². The molecule has 0 heterocycles. The van der Waals surface area contributed by atoms with Crippen LogP contribution in [-0.4, -0.2) is 47.4 Å². The molecule has 0 aliphatic rings. The molecule has 0 fully saturated rings. The van der Waals surface area contributed by atoms with Crippen molar-refractivity contribution in [2.75, 3.05) is 13.2 Å². The molecule has 0 aromatic carbocycles. The van der Waals surface area contributed by atoms with Crippen molar-refractivity contribution >= 4 is 11.9 Å². The van der Waals surface area contributed by atoms with E-state index in [-0.39, 0.29) is 18.5 Å². The highest BCUT2D eigenvalue weighted by atomic mass is 16.5. The lowest BCUT2D eigenvalue weighted by molar-refractivity contribution is -0.143. The van der Waals surface area contributed by atoms with E-state index in [2.05, 4.69) is 19.2 Å². The van der Waals surface area contributed by atoms with E-state index in [0.717, 1.165) is 38.5 Å². The summed E-state index contributed by atoms with van der Waals surface area (Å²) in [7, 11) is 0. The number of ether oxygens (including phenoxy) is 1. The molecule has 0 aromatic rings. The number of nitrogens with one attached hydrogen (secondary N) is 1. The van der Waals surface area contributed by atoms with Crippen molar-refractivity contribution < 1.29 is 24.5 Å². The summed E-state index contributed by atoms with van der Waals surface area (Å²) < 4.78 is 5.48. The van der Waals surface area contributed by atoms with Crippen LogP contribution in [-0.2, 0) is 14.3 Å². The quantitative estimate of drug-likeness (QED) is 0.0417. The summed E-state index contributed by atoms with van der Waals surface area (Å²) in [5.41, 5.74) is 0. The van der Waals surface area contributed by atoms with Crippen molar-refractivity contribution in [1.82, 2.24) is 5.32 Å². The molecule has 0 radical (unpaired) electrons. The Hall–Kier alpha value is -1.14. The standard InChI is InChI=1S/C67H133NO5/c1-3-5-7-9-11-13-15-17-18-19-20-24-27-30-33-36-39-43-47-51-55-59-65(70)64(63-69)68-66(71)60-56-52-48-44-40-37-34-31-28-25-22-21-23-26-29-32-35-38-42-46-50-54-58-62-73-67(72)61-57-53-49-45-41-16-14-12-10-8-6-4-2/h64-65,69-70H,3-63H2,1-2H3,(H,68,71). The molecule has 0 saturated heterocycles. The number of esters is 1. The molecule has 6 heteroatoms. The molecule has 6 nitrogen and oxygen atoms in total. The monoisotopic (exact) mass is 1030 g/mol. The van der Waals surface area contributed by atoms with Gasteiger partial charge in [0.25, 0.3) is 0 Å². The van der Waals surface area contributed by atoms with Crippen molar-refractivity contribution in [2.45, 2.75) is 405 Å². The topological polar surface area (TPSA) is 95.9 Å². The Morgan fingerprint density at radius 2 is 0.562 bits per heavy atom. The third-order valence-electron chi connectivity index (χ3n) is 16.2. The van der Waals surface area contributed by atoms with Gasteiger partial charge in [0, 0.05) is 12.8 Å². The second-order valence-electron chi connectivity index (χ2n) is 23.5. The molecule has 1 amide bonds. The predicted octanol–water partition coefficient (Wildman–Crippen LogP) is 21.4. The maximum absolute atomic E-state index is 12.5. The fourth-order valence-corrected chi connectivity index (χ4v) is 11.0. The van der Waals surface area contributed by atoms with Gasteiger partial charge in [0.05, 0.1) is 25.4 Å². The number of carbonyl (C=O) groups is 2. The first-order valence-corrected chi connectivity index (χ1v) is 33.8. The third-order valence-corrected chi connectivity index (χ3v) is 16.2. The van der Waals surface area contributed by atoms with E-state index in [1.807, 2.05) is 0 Å². The second kappa shape index (κ2) is 63.4. The highest BCUT2D eigenvalue weighted by molar-refractivity contribution is 5.76. The normalized spacial score (nSPS) is 12.4. The Morgan fingerprint density at radius 1 is 0.329 bits per heavy atom. The van der Waals surface area contributed by atoms with E-state index in [9.17, 15) is 19.8 Å². The minimum Gasteiger partial charge on any atom is -0.466 e. The molecule has 0 aromatic heterocycles. The van der Waals surface area contributed by atoms with E-state index in [0.29, 0.717) is 25.9 Å². The number of hydrogen-bond acceptors (Lipinski definition) is 5. The average molecular weight is 1030 g/mol. The molecule has 0 bridgehead atoms. The van der Waals surface area contributed by atoms with Gasteiger partial charge in [0.15, 0.2) is 0 Å². The first-order chi connectivity index (χ1) is 36.0. The van der Waals surface area contributed by atoms with Crippen molar-refractivity contribution in [1.29, 1.82) is 0 Å². The van der Waals surface area contributed by atoms with Crippen LogP contribution in [0, 0.1) is 0 Å². The predicted molar refractivity (Wildman–Crippen MR) is 320 cm³/mol. The van der Waals surface area contributed by atoms with Crippen LogP contribution in [0.3, 0.4) is 0 Å². The van der Waals surface area contributed by atoms with Crippen LogP contribution in [0.1, 0.15) is 393 Å². The smallest absolute Gasteiger partial charge is 0.305 e. The largest absolute Gasteiger partial charge is 0.466 e. The molecule has 0 aliphatic heterocycles. The minimum atomic E-state index is -0.664. The molecule has 2 atom stereocenters. The zero-order valence-electron chi connectivity index (χ0n) is 49.9. The van der Waals surface area contributed by atoms with Crippen molar-refractivity contribution in [3.63, 3.8) is 0 Å². The lowest BCUT2D eigenvalue weighted by Crippen LogP contribution is -2.45. The van der Waals surface area contributed by atoms with Gasteiger partial charge in [-0.2, -0.15) is 0 Å². The molecular weight excluding hydrogens is 899 g/mol.